The molecule has 0 heterocycles. The lowest BCUT2D eigenvalue weighted by Gasteiger charge is -2.18. The molecule has 1 atom stereocenters. The molecule has 3 N–H and O–H groups in total. The van der Waals surface area contributed by atoms with Gasteiger partial charge in [-0.1, -0.05) is 19.9 Å². The number of benzene rings is 1. The van der Waals surface area contributed by atoms with Crippen molar-refractivity contribution >= 4 is 10.0 Å². The Morgan fingerprint density at radius 3 is 2.70 bits per heavy atom. The normalized spacial score (nSPS) is 22.1. The summed E-state index contributed by atoms with van der Waals surface area (Å²) in [4.78, 5) is -0.0512. The third kappa shape index (κ3) is 3.19. The van der Waals surface area contributed by atoms with Gasteiger partial charge in [-0.25, -0.2) is 17.5 Å². The highest BCUT2D eigenvalue weighted by molar-refractivity contribution is 7.89. The number of sulfonamides is 1. The van der Waals surface area contributed by atoms with Crippen LogP contribution in [0.4, 0.5) is 4.39 Å². The molecule has 0 spiro atoms. The van der Waals surface area contributed by atoms with Gasteiger partial charge in [0.2, 0.25) is 10.0 Å². The van der Waals surface area contributed by atoms with Gasteiger partial charge in [-0.05, 0) is 36.8 Å². The Morgan fingerprint density at radius 1 is 1.45 bits per heavy atom. The van der Waals surface area contributed by atoms with Crippen LogP contribution < -0.4 is 10.5 Å². The van der Waals surface area contributed by atoms with Crippen LogP contribution in [-0.2, 0) is 16.6 Å². The Balaban J connectivity index is 2.26. The molecule has 0 aromatic heterocycles. The second-order valence-corrected chi connectivity index (χ2v) is 7.83. The Labute approximate surface area is 119 Å². The molecule has 1 aromatic carbocycles. The van der Waals surface area contributed by atoms with E-state index in [-0.39, 0.29) is 28.5 Å². The van der Waals surface area contributed by atoms with Crippen LogP contribution in [0.5, 0.6) is 0 Å². The Morgan fingerprint density at radius 2 is 2.15 bits per heavy atom. The Bertz CT molecular complexity index is 599. The van der Waals surface area contributed by atoms with E-state index in [0.717, 1.165) is 19.3 Å². The van der Waals surface area contributed by atoms with Gasteiger partial charge in [-0.2, -0.15) is 0 Å². The molecule has 0 bridgehead atoms. The summed E-state index contributed by atoms with van der Waals surface area (Å²) in [7, 11) is -3.73. The zero-order chi connectivity index (χ0) is 15.0. The lowest BCUT2D eigenvalue weighted by atomic mass is 9.92. The fourth-order valence-electron chi connectivity index (χ4n) is 2.81. The number of hydrogen-bond donors (Lipinski definition) is 2. The van der Waals surface area contributed by atoms with E-state index in [1.807, 2.05) is 0 Å². The summed E-state index contributed by atoms with van der Waals surface area (Å²) in [5, 5.41) is 0. The quantitative estimate of drug-likeness (QED) is 0.895. The van der Waals surface area contributed by atoms with Gasteiger partial charge in [0.15, 0.2) is 0 Å². The van der Waals surface area contributed by atoms with Gasteiger partial charge in [0.1, 0.15) is 5.82 Å². The molecule has 1 unspecified atom stereocenters. The predicted octanol–water partition coefficient (Wildman–Crippen LogP) is 2.14. The third-order valence-electron chi connectivity index (χ3n) is 3.86. The van der Waals surface area contributed by atoms with E-state index in [9.17, 15) is 12.8 Å². The monoisotopic (exact) mass is 300 g/mol. The second-order valence-electron chi connectivity index (χ2n) is 6.15. The average molecular weight is 300 g/mol. The molecule has 20 heavy (non-hydrogen) atoms. The summed E-state index contributed by atoms with van der Waals surface area (Å²) in [6.45, 7) is 4.10. The van der Waals surface area contributed by atoms with Gasteiger partial charge < -0.3 is 5.73 Å². The molecular formula is C14H21FN2O2S. The number of nitrogens with two attached hydrogens (primary N) is 1. The maximum Gasteiger partial charge on any atom is 0.241 e. The fourth-order valence-corrected chi connectivity index (χ4v) is 4.34. The van der Waals surface area contributed by atoms with Crippen molar-refractivity contribution in [1.82, 2.24) is 4.72 Å². The highest BCUT2D eigenvalue weighted by atomic mass is 32.2. The van der Waals surface area contributed by atoms with Crippen molar-refractivity contribution in [2.75, 3.05) is 0 Å². The average Bonchev–Trinajstić information content (AvgIpc) is 2.67. The number of hydrogen-bond acceptors (Lipinski definition) is 3. The van der Waals surface area contributed by atoms with E-state index in [0.29, 0.717) is 0 Å². The van der Waals surface area contributed by atoms with E-state index >= 15 is 0 Å². The predicted molar refractivity (Wildman–Crippen MR) is 76.0 cm³/mol. The molecule has 0 aliphatic heterocycles. The van der Waals surface area contributed by atoms with Crippen LogP contribution >= 0.6 is 0 Å². The van der Waals surface area contributed by atoms with Crippen LogP contribution in [0.25, 0.3) is 0 Å². The summed E-state index contributed by atoms with van der Waals surface area (Å²) in [6.07, 6.45) is 2.58. The molecule has 1 fully saturated rings. The van der Waals surface area contributed by atoms with Crippen molar-refractivity contribution in [3.05, 3.63) is 29.6 Å². The maximum atomic E-state index is 13.6. The molecule has 0 amide bonds. The molecule has 6 heteroatoms. The number of rotatable bonds is 4. The van der Waals surface area contributed by atoms with Crippen LogP contribution in [0.3, 0.4) is 0 Å². The van der Waals surface area contributed by atoms with Crippen molar-refractivity contribution in [1.29, 1.82) is 0 Å². The largest absolute Gasteiger partial charge is 0.326 e. The Hall–Kier alpha value is -0.980. The van der Waals surface area contributed by atoms with Crippen LogP contribution in [0.15, 0.2) is 23.1 Å². The van der Waals surface area contributed by atoms with E-state index in [1.54, 1.807) is 0 Å². The number of nitrogens with one attached hydrogen (secondary N) is 1. The first kappa shape index (κ1) is 15.4. The topological polar surface area (TPSA) is 72.2 Å². The zero-order valence-electron chi connectivity index (χ0n) is 11.8. The first-order valence-corrected chi connectivity index (χ1v) is 8.23. The van der Waals surface area contributed by atoms with Gasteiger partial charge >= 0.3 is 0 Å². The maximum absolute atomic E-state index is 13.6. The molecule has 2 rings (SSSR count). The summed E-state index contributed by atoms with van der Waals surface area (Å²) in [5.41, 5.74) is 5.65. The van der Waals surface area contributed by atoms with Gasteiger partial charge in [0.05, 0.1) is 4.90 Å². The summed E-state index contributed by atoms with van der Waals surface area (Å²) >= 11 is 0. The summed E-state index contributed by atoms with van der Waals surface area (Å²) in [5.74, 6) is -0.581. The van der Waals surface area contributed by atoms with Gasteiger partial charge in [-0.15, -0.1) is 0 Å². The molecule has 112 valence electrons. The van der Waals surface area contributed by atoms with E-state index in [2.05, 4.69) is 18.6 Å². The minimum Gasteiger partial charge on any atom is -0.326 e. The molecule has 1 saturated carbocycles. The van der Waals surface area contributed by atoms with Crippen molar-refractivity contribution < 1.29 is 12.8 Å². The lowest BCUT2D eigenvalue weighted by Crippen LogP contribution is -2.34. The molecule has 0 saturated heterocycles. The fraction of sp³-hybridized carbons (Fsp3) is 0.571. The summed E-state index contributed by atoms with van der Waals surface area (Å²) in [6, 6.07) is 3.92. The minimum atomic E-state index is -3.73. The molecule has 1 aliphatic rings. The van der Waals surface area contributed by atoms with Crippen LogP contribution in [0.2, 0.25) is 0 Å². The molecule has 0 radical (unpaired) electrons. The van der Waals surface area contributed by atoms with Crippen LogP contribution in [0, 0.1) is 11.2 Å². The highest BCUT2D eigenvalue weighted by Crippen LogP contribution is 2.37. The van der Waals surface area contributed by atoms with Crippen molar-refractivity contribution in [3.8, 4) is 0 Å². The molecule has 1 aromatic rings. The first-order chi connectivity index (χ1) is 9.25. The molecular weight excluding hydrogens is 279 g/mol. The van der Waals surface area contributed by atoms with Crippen LogP contribution in [0.1, 0.15) is 38.7 Å². The van der Waals surface area contributed by atoms with E-state index in [4.69, 9.17) is 5.73 Å². The lowest BCUT2D eigenvalue weighted by molar-refractivity contribution is 0.372. The summed E-state index contributed by atoms with van der Waals surface area (Å²) < 4.78 is 41.1. The van der Waals surface area contributed by atoms with E-state index in [1.165, 1.54) is 18.2 Å². The third-order valence-corrected chi connectivity index (χ3v) is 5.47. The minimum absolute atomic E-state index is 0.0391. The van der Waals surface area contributed by atoms with Crippen molar-refractivity contribution in [3.63, 3.8) is 0 Å². The SMILES string of the molecule is CC1(C)CCC(NS(=O)(=O)c2cccc(F)c2CN)C1. The van der Waals surface area contributed by atoms with Gasteiger partial charge in [0, 0.05) is 18.2 Å². The van der Waals surface area contributed by atoms with Crippen molar-refractivity contribution in [2.24, 2.45) is 11.1 Å². The van der Waals surface area contributed by atoms with Crippen molar-refractivity contribution in [2.45, 2.75) is 50.6 Å². The second kappa shape index (κ2) is 5.42. The highest BCUT2D eigenvalue weighted by Gasteiger charge is 2.34. The Kier molecular flexibility index (Phi) is 4.18. The standard InChI is InChI=1S/C14H21FN2O2S/c1-14(2)7-6-10(8-14)17-20(18,19)13-5-3-4-12(15)11(13)9-16/h3-5,10,17H,6-9,16H2,1-2H3. The number of halogens is 1. The molecule has 4 nitrogen and oxygen atoms in total. The van der Waals surface area contributed by atoms with Crippen LogP contribution in [-0.4, -0.2) is 14.5 Å². The van der Waals surface area contributed by atoms with Gasteiger partial charge in [0.25, 0.3) is 0 Å². The first-order valence-electron chi connectivity index (χ1n) is 6.75. The van der Waals surface area contributed by atoms with E-state index < -0.39 is 15.8 Å². The smallest absolute Gasteiger partial charge is 0.241 e. The molecule has 1 aliphatic carbocycles. The zero-order valence-corrected chi connectivity index (χ0v) is 12.6. The van der Waals surface area contributed by atoms with Gasteiger partial charge in [-0.3, -0.25) is 0 Å².